The molecule has 0 unspecified atom stereocenters. The second-order valence-electron chi connectivity index (χ2n) is 2.90. The number of carbonyl (C=O) groups is 1. The summed E-state index contributed by atoms with van der Waals surface area (Å²) < 4.78 is 5.34. The molecule has 1 aromatic carbocycles. The maximum atomic E-state index is 10.8. The summed E-state index contributed by atoms with van der Waals surface area (Å²) in [5, 5.41) is 10.7. The number of rotatable bonds is 2. The van der Waals surface area contributed by atoms with E-state index in [2.05, 4.69) is 15.9 Å². The lowest BCUT2D eigenvalue weighted by Crippen LogP contribution is -2.04. The van der Waals surface area contributed by atoms with Crippen molar-refractivity contribution in [2.24, 2.45) is 0 Å². The smallest absolute Gasteiger partial charge is 0.308 e. The highest BCUT2D eigenvalue weighted by molar-refractivity contribution is 9.10. The van der Waals surface area contributed by atoms with Gasteiger partial charge >= 0.3 is 5.97 Å². The highest BCUT2D eigenvalue weighted by Crippen LogP contribution is 2.31. The zero-order chi connectivity index (χ0) is 11.6. The summed E-state index contributed by atoms with van der Waals surface area (Å²) in [7, 11) is 0. The van der Waals surface area contributed by atoms with Crippen molar-refractivity contribution in [3.63, 3.8) is 0 Å². The third-order valence-corrected chi connectivity index (χ3v) is 2.21. The Kier molecular flexibility index (Phi) is 3.41. The van der Waals surface area contributed by atoms with Crippen LogP contribution in [0.5, 0.6) is 5.75 Å². The van der Waals surface area contributed by atoms with Crippen LogP contribution < -0.4 is 4.74 Å². The molecule has 6 heteroatoms. The predicted molar refractivity (Wildman–Crippen MR) is 56.8 cm³/mol. The second kappa shape index (κ2) is 4.39. The Bertz CT molecular complexity index is 430. The Morgan fingerprint density at radius 2 is 2.13 bits per heavy atom. The van der Waals surface area contributed by atoms with Gasteiger partial charge in [0.1, 0.15) is 5.75 Å². The van der Waals surface area contributed by atoms with E-state index in [1.165, 1.54) is 26.0 Å². The van der Waals surface area contributed by atoms with Crippen molar-refractivity contribution in [2.75, 3.05) is 0 Å². The summed E-state index contributed by atoms with van der Waals surface area (Å²) in [5.74, 6) is -0.311. The number of benzene rings is 1. The third kappa shape index (κ3) is 2.76. The SMILES string of the molecule is CC(=O)Oc1cc(Br)cc([N+](=O)[O-])c1C. The lowest BCUT2D eigenvalue weighted by atomic mass is 10.2. The number of ether oxygens (including phenoxy) is 1. The number of hydrogen-bond donors (Lipinski definition) is 0. The van der Waals surface area contributed by atoms with E-state index in [0.29, 0.717) is 10.0 Å². The molecule has 0 aromatic heterocycles. The zero-order valence-corrected chi connectivity index (χ0v) is 9.70. The maximum absolute atomic E-state index is 10.8. The fourth-order valence-electron chi connectivity index (χ4n) is 1.09. The maximum Gasteiger partial charge on any atom is 0.308 e. The molecule has 1 aromatic rings. The van der Waals surface area contributed by atoms with Gasteiger partial charge in [0.15, 0.2) is 0 Å². The van der Waals surface area contributed by atoms with E-state index in [1.54, 1.807) is 0 Å². The van der Waals surface area contributed by atoms with Crippen molar-refractivity contribution in [2.45, 2.75) is 13.8 Å². The molecule has 0 fully saturated rings. The highest BCUT2D eigenvalue weighted by atomic mass is 79.9. The fourth-order valence-corrected chi connectivity index (χ4v) is 1.52. The molecule has 15 heavy (non-hydrogen) atoms. The Hall–Kier alpha value is -1.43. The summed E-state index contributed by atoms with van der Waals surface area (Å²) in [6.07, 6.45) is 0. The van der Waals surface area contributed by atoms with Crippen molar-refractivity contribution in [3.8, 4) is 5.75 Å². The number of nitro groups is 1. The van der Waals surface area contributed by atoms with Crippen LogP contribution in [0.15, 0.2) is 16.6 Å². The van der Waals surface area contributed by atoms with Gasteiger partial charge in [-0.1, -0.05) is 15.9 Å². The van der Waals surface area contributed by atoms with Crippen molar-refractivity contribution < 1.29 is 14.5 Å². The first kappa shape index (κ1) is 11.6. The molecule has 1 rings (SSSR count). The Balaban J connectivity index is 3.28. The van der Waals surface area contributed by atoms with Crippen LogP contribution in [0.25, 0.3) is 0 Å². The quantitative estimate of drug-likeness (QED) is 0.359. The topological polar surface area (TPSA) is 69.4 Å². The first-order valence-electron chi connectivity index (χ1n) is 4.04. The van der Waals surface area contributed by atoms with E-state index in [4.69, 9.17) is 4.74 Å². The molecule has 0 saturated carbocycles. The van der Waals surface area contributed by atoms with Gasteiger partial charge in [0.25, 0.3) is 5.69 Å². The van der Waals surface area contributed by atoms with Crippen LogP contribution in [-0.4, -0.2) is 10.9 Å². The molecule has 0 aliphatic rings. The fraction of sp³-hybridized carbons (Fsp3) is 0.222. The molecular weight excluding hydrogens is 266 g/mol. The molecule has 5 nitrogen and oxygen atoms in total. The van der Waals surface area contributed by atoms with Crippen molar-refractivity contribution in [3.05, 3.63) is 32.3 Å². The molecule has 0 aliphatic carbocycles. The summed E-state index contributed by atoms with van der Waals surface area (Å²) in [5.41, 5.74) is 0.249. The average molecular weight is 274 g/mol. The van der Waals surface area contributed by atoms with Gasteiger partial charge in [-0.05, 0) is 13.0 Å². The molecule has 0 spiro atoms. The molecule has 0 atom stereocenters. The molecule has 0 heterocycles. The molecule has 0 bridgehead atoms. The molecule has 0 aliphatic heterocycles. The molecule has 0 N–H and O–H groups in total. The number of hydrogen-bond acceptors (Lipinski definition) is 4. The molecule has 80 valence electrons. The monoisotopic (exact) mass is 273 g/mol. The molecular formula is C9H8BrNO4. The molecule has 0 saturated heterocycles. The Morgan fingerprint density at radius 1 is 1.53 bits per heavy atom. The summed E-state index contributed by atoms with van der Waals surface area (Å²) in [6, 6.07) is 2.88. The van der Waals surface area contributed by atoms with Crippen molar-refractivity contribution in [1.82, 2.24) is 0 Å². The number of halogens is 1. The Labute approximate surface area is 94.3 Å². The predicted octanol–water partition coefficient (Wildman–Crippen LogP) is 2.59. The van der Waals surface area contributed by atoms with Gasteiger partial charge in [0.05, 0.1) is 10.5 Å². The first-order valence-corrected chi connectivity index (χ1v) is 4.84. The van der Waals surface area contributed by atoms with Crippen LogP contribution in [0.3, 0.4) is 0 Å². The third-order valence-electron chi connectivity index (χ3n) is 1.75. The van der Waals surface area contributed by atoms with Gasteiger partial charge in [-0.2, -0.15) is 0 Å². The lowest BCUT2D eigenvalue weighted by molar-refractivity contribution is -0.385. The summed E-state index contributed by atoms with van der Waals surface area (Å²) in [6.45, 7) is 2.77. The Morgan fingerprint density at radius 3 is 2.60 bits per heavy atom. The van der Waals surface area contributed by atoms with E-state index >= 15 is 0 Å². The second-order valence-corrected chi connectivity index (χ2v) is 3.81. The minimum Gasteiger partial charge on any atom is -0.426 e. The minimum absolute atomic E-state index is 0.0828. The van der Waals surface area contributed by atoms with Gasteiger partial charge in [0.2, 0.25) is 0 Å². The van der Waals surface area contributed by atoms with E-state index in [0.717, 1.165) is 0 Å². The summed E-state index contributed by atoms with van der Waals surface area (Å²) >= 11 is 3.11. The van der Waals surface area contributed by atoms with Crippen LogP contribution in [0.4, 0.5) is 5.69 Å². The van der Waals surface area contributed by atoms with E-state index in [1.807, 2.05) is 0 Å². The van der Waals surface area contributed by atoms with Crippen LogP contribution in [0, 0.1) is 17.0 Å². The van der Waals surface area contributed by atoms with E-state index in [-0.39, 0.29) is 11.4 Å². The van der Waals surface area contributed by atoms with Crippen molar-refractivity contribution >= 4 is 27.6 Å². The number of carbonyl (C=O) groups excluding carboxylic acids is 1. The standard InChI is InChI=1S/C9H8BrNO4/c1-5-8(11(13)14)3-7(10)4-9(5)15-6(2)12/h3-4H,1-2H3. The lowest BCUT2D eigenvalue weighted by Gasteiger charge is -2.06. The van der Waals surface area contributed by atoms with E-state index < -0.39 is 10.9 Å². The first-order chi connectivity index (χ1) is 6.91. The van der Waals surface area contributed by atoms with Crippen molar-refractivity contribution in [1.29, 1.82) is 0 Å². The zero-order valence-electron chi connectivity index (χ0n) is 8.11. The van der Waals surface area contributed by atoms with Crippen LogP contribution in [-0.2, 0) is 4.79 Å². The highest BCUT2D eigenvalue weighted by Gasteiger charge is 2.17. The number of nitrogens with zero attached hydrogens (tertiary/aromatic N) is 1. The van der Waals surface area contributed by atoms with Crippen LogP contribution in [0.2, 0.25) is 0 Å². The van der Waals surface area contributed by atoms with Gasteiger partial charge < -0.3 is 4.74 Å². The van der Waals surface area contributed by atoms with Crippen LogP contribution >= 0.6 is 15.9 Å². The van der Waals surface area contributed by atoms with Gasteiger partial charge in [-0.15, -0.1) is 0 Å². The largest absolute Gasteiger partial charge is 0.426 e. The van der Waals surface area contributed by atoms with Gasteiger partial charge in [-0.25, -0.2) is 0 Å². The number of nitro benzene ring substituents is 1. The van der Waals surface area contributed by atoms with Crippen LogP contribution in [0.1, 0.15) is 12.5 Å². The molecule has 0 amide bonds. The molecule has 0 radical (unpaired) electrons. The number of esters is 1. The minimum atomic E-state index is -0.521. The van der Waals surface area contributed by atoms with E-state index in [9.17, 15) is 14.9 Å². The summed E-state index contributed by atoms with van der Waals surface area (Å²) in [4.78, 5) is 20.9. The normalized spacial score (nSPS) is 9.80. The average Bonchev–Trinajstić information content (AvgIpc) is 2.09. The van der Waals surface area contributed by atoms with Gasteiger partial charge in [-0.3, -0.25) is 14.9 Å². The van der Waals surface area contributed by atoms with Gasteiger partial charge in [0, 0.05) is 17.5 Å².